The fraction of sp³-hybridized carbons (Fsp3) is 0.533. The fourth-order valence-electron chi connectivity index (χ4n) is 2.43. The van der Waals surface area contributed by atoms with Crippen LogP contribution in [-0.4, -0.2) is 11.6 Å². The van der Waals surface area contributed by atoms with Crippen molar-refractivity contribution in [2.75, 3.05) is 0 Å². The Morgan fingerprint density at radius 3 is 2.61 bits per heavy atom. The number of hydrogen-bond donors (Lipinski definition) is 0. The van der Waals surface area contributed by atoms with E-state index in [1.807, 2.05) is 32.9 Å². The molecule has 1 atom stereocenters. The van der Waals surface area contributed by atoms with Gasteiger partial charge in [-0.1, -0.05) is 39.8 Å². The van der Waals surface area contributed by atoms with Crippen molar-refractivity contribution in [1.82, 2.24) is 0 Å². The normalized spacial score (nSPS) is 26.8. The maximum atomic E-state index is 12.0. The Balaban J connectivity index is 3.14. The van der Waals surface area contributed by atoms with E-state index in [9.17, 15) is 9.59 Å². The van der Waals surface area contributed by atoms with Gasteiger partial charge in [-0.15, -0.1) is 0 Å². The number of hydrogen-bond acceptors (Lipinski definition) is 3. The zero-order chi connectivity index (χ0) is 14.0. The molecule has 0 aromatic heterocycles. The molecule has 0 saturated heterocycles. The van der Waals surface area contributed by atoms with E-state index < -0.39 is 10.8 Å². The van der Waals surface area contributed by atoms with E-state index >= 15 is 0 Å². The van der Waals surface area contributed by atoms with E-state index in [-0.39, 0.29) is 17.1 Å². The highest BCUT2D eigenvalue weighted by Crippen LogP contribution is 2.43. The molecule has 0 saturated carbocycles. The van der Waals surface area contributed by atoms with Crippen LogP contribution < -0.4 is 0 Å². The van der Waals surface area contributed by atoms with Crippen molar-refractivity contribution >= 4 is 11.6 Å². The highest BCUT2D eigenvalue weighted by atomic mass is 16.1. The molecule has 1 aliphatic rings. The van der Waals surface area contributed by atoms with Crippen molar-refractivity contribution in [2.45, 2.75) is 40.5 Å². The number of nitrogens with zero attached hydrogens (tertiary/aromatic N) is 1. The van der Waals surface area contributed by atoms with Crippen LogP contribution in [-0.2, 0) is 9.59 Å². The van der Waals surface area contributed by atoms with Gasteiger partial charge in [0.15, 0.2) is 11.6 Å². The Morgan fingerprint density at radius 1 is 1.50 bits per heavy atom. The minimum atomic E-state index is -0.561. The minimum Gasteiger partial charge on any atom is -0.295 e. The lowest BCUT2D eigenvalue weighted by Crippen LogP contribution is -2.36. The van der Waals surface area contributed by atoms with Gasteiger partial charge >= 0.3 is 0 Å². The van der Waals surface area contributed by atoms with E-state index in [4.69, 9.17) is 5.26 Å². The topological polar surface area (TPSA) is 57.9 Å². The number of Topliss-reactive ketones (excluding diaryl/α,β-unsaturated/α-hetero) is 1. The first-order valence-corrected chi connectivity index (χ1v) is 6.14. The summed E-state index contributed by atoms with van der Waals surface area (Å²) in [5, 5.41) is 9.02. The lowest BCUT2D eigenvalue weighted by Gasteiger charge is -2.36. The summed E-state index contributed by atoms with van der Waals surface area (Å²) >= 11 is 0. The molecule has 0 aromatic carbocycles. The number of ketones is 2. The molecule has 3 heteroatoms. The first-order chi connectivity index (χ1) is 8.24. The van der Waals surface area contributed by atoms with Crippen LogP contribution in [0.15, 0.2) is 23.8 Å². The van der Waals surface area contributed by atoms with E-state index in [0.717, 1.165) is 0 Å². The Hall–Kier alpha value is -1.69. The predicted octanol–water partition coefficient (Wildman–Crippen LogP) is 2.98. The summed E-state index contributed by atoms with van der Waals surface area (Å²) in [6, 6.07) is 1.96. The summed E-state index contributed by atoms with van der Waals surface area (Å²) in [7, 11) is 0. The predicted molar refractivity (Wildman–Crippen MR) is 69.6 cm³/mol. The van der Waals surface area contributed by atoms with Crippen molar-refractivity contribution in [1.29, 1.82) is 5.26 Å². The van der Waals surface area contributed by atoms with Crippen LogP contribution in [0, 0.1) is 22.2 Å². The Kier molecular flexibility index (Phi) is 3.91. The molecule has 1 aliphatic carbocycles. The molecule has 0 radical (unpaired) electrons. The molecule has 0 heterocycles. The summed E-state index contributed by atoms with van der Waals surface area (Å²) in [5.74, 6) is -0.0597. The molecule has 18 heavy (non-hydrogen) atoms. The Labute approximate surface area is 108 Å². The summed E-state index contributed by atoms with van der Waals surface area (Å²) in [6.45, 7) is 7.43. The maximum Gasteiger partial charge on any atom is 0.178 e. The van der Waals surface area contributed by atoms with Gasteiger partial charge in [0, 0.05) is 17.3 Å². The van der Waals surface area contributed by atoms with Gasteiger partial charge < -0.3 is 0 Å². The second-order valence-electron chi connectivity index (χ2n) is 5.72. The Morgan fingerprint density at radius 2 is 2.11 bits per heavy atom. The van der Waals surface area contributed by atoms with Crippen LogP contribution in [0.3, 0.4) is 0 Å². The molecular weight excluding hydrogens is 226 g/mol. The van der Waals surface area contributed by atoms with Crippen molar-refractivity contribution < 1.29 is 9.59 Å². The van der Waals surface area contributed by atoms with E-state index in [2.05, 4.69) is 0 Å². The van der Waals surface area contributed by atoms with Crippen molar-refractivity contribution in [3.8, 4) is 6.07 Å². The quantitative estimate of drug-likeness (QED) is 0.718. The maximum absolute atomic E-state index is 12.0. The van der Waals surface area contributed by atoms with Crippen molar-refractivity contribution in [2.24, 2.45) is 10.8 Å². The van der Waals surface area contributed by atoms with Crippen LogP contribution in [0.2, 0.25) is 0 Å². The van der Waals surface area contributed by atoms with E-state index in [0.29, 0.717) is 12.8 Å². The largest absolute Gasteiger partial charge is 0.295 e. The number of rotatable bonds is 3. The molecule has 1 rings (SSSR count). The SMILES string of the molecule is CCC(=O)/C=C/C1(C)C=C(C#N)C(=O)C(C)(C)C1. The van der Waals surface area contributed by atoms with Crippen LogP contribution in [0.1, 0.15) is 40.5 Å². The summed E-state index contributed by atoms with van der Waals surface area (Å²) in [6.07, 6.45) is 6.11. The van der Waals surface area contributed by atoms with Gasteiger partial charge in [-0.2, -0.15) is 5.26 Å². The standard InChI is InChI=1S/C15H19NO2/c1-5-12(17)6-7-15(4)8-11(9-16)13(18)14(2,3)10-15/h6-8H,5,10H2,1-4H3/b7-6+. The molecule has 0 aliphatic heterocycles. The second-order valence-corrected chi connectivity index (χ2v) is 5.72. The van der Waals surface area contributed by atoms with E-state index in [1.54, 1.807) is 19.1 Å². The molecule has 0 fully saturated rings. The number of allylic oxidation sites excluding steroid dienone is 4. The first kappa shape index (κ1) is 14.4. The molecule has 0 amide bonds. The third kappa shape index (κ3) is 2.95. The zero-order valence-corrected chi connectivity index (χ0v) is 11.4. The van der Waals surface area contributed by atoms with Gasteiger partial charge in [-0.05, 0) is 12.5 Å². The molecule has 3 nitrogen and oxygen atoms in total. The molecular formula is C15H19NO2. The van der Waals surface area contributed by atoms with Gasteiger partial charge in [0.25, 0.3) is 0 Å². The number of carbonyl (C=O) groups is 2. The van der Waals surface area contributed by atoms with E-state index in [1.165, 1.54) is 0 Å². The smallest absolute Gasteiger partial charge is 0.178 e. The zero-order valence-electron chi connectivity index (χ0n) is 11.4. The highest BCUT2D eigenvalue weighted by Gasteiger charge is 2.41. The van der Waals surface area contributed by atoms with Gasteiger partial charge in [-0.25, -0.2) is 0 Å². The third-order valence-electron chi connectivity index (χ3n) is 3.28. The van der Waals surface area contributed by atoms with Gasteiger partial charge in [0.1, 0.15) is 6.07 Å². The van der Waals surface area contributed by atoms with Crippen LogP contribution >= 0.6 is 0 Å². The average molecular weight is 245 g/mol. The molecule has 1 unspecified atom stereocenters. The Bertz CT molecular complexity index is 477. The first-order valence-electron chi connectivity index (χ1n) is 6.14. The van der Waals surface area contributed by atoms with Crippen molar-refractivity contribution in [3.63, 3.8) is 0 Å². The molecule has 0 bridgehead atoms. The van der Waals surface area contributed by atoms with Crippen LogP contribution in [0.5, 0.6) is 0 Å². The monoisotopic (exact) mass is 245 g/mol. The molecule has 96 valence electrons. The number of nitriles is 1. The second kappa shape index (κ2) is 4.89. The summed E-state index contributed by atoms with van der Waals surface area (Å²) in [4.78, 5) is 23.3. The van der Waals surface area contributed by atoms with Crippen molar-refractivity contribution in [3.05, 3.63) is 23.8 Å². The number of carbonyl (C=O) groups excluding carboxylic acids is 2. The fourth-order valence-corrected chi connectivity index (χ4v) is 2.43. The van der Waals surface area contributed by atoms with Gasteiger partial charge in [-0.3, -0.25) is 9.59 Å². The lowest BCUT2D eigenvalue weighted by atomic mass is 9.65. The van der Waals surface area contributed by atoms with Gasteiger partial charge in [0.05, 0.1) is 5.57 Å². The van der Waals surface area contributed by atoms with Gasteiger partial charge in [0.2, 0.25) is 0 Å². The molecule has 0 aromatic rings. The third-order valence-corrected chi connectivity index (χ3v) is 3.28. The summed E-state index contributed by atoms with van der Waals surface area (Å²) in [5.41, 5.74) is -0.774. The molecule has 0 N–H and O–H groups in total. The minimum absolute atomic E-state index is 0.0536. The molecule has 0 spiro atoms. The van der Waals surface area contributed by atoms with Crippen LogP contribution in [0.4, 0.5) is 0 Å². The van der Waals surface area contributed by atoms with Crippen LogP contribution in [0.25, 0.3) is 0 Å². The lowest BCUT2D eigenvalue weighted by molar-refractivity contribution is -0.124. The average Bonchev–Trinajstić information content (AvgIpc) is 2.30. The summed E-state index contributed by atoms with van der Waals surface area (Å²) < 4.78 is 0. The highest BCUT2D eigenvalue weighted by molar-refractivity contribution is 6.03.